The quantitative estimate of drug-likeness (QED) is 0.0593. The first-order chi connectivity index (χ1) is 36.8. The van der Waals surface area contributed by atoms with Crippen LogP contribution in [0.15, 0.2) is 91.0 Å². The Hall–Kier alpha value is -8.45. The van der Waals surface area contributed by atoms with Gasteiger partial charge in [-0.05, 0) is 127 Å². The number of nitrogens with zero attached hydrogens (tertiary/aromatic N) is 2. The highest BCUT2D eigenvalue weighted by Crippen LogP contribution is 2.43. The molecule has 6 N–H and O–H groups in total. The molecule has 9 rings (SSSR count). The fourth-order valence-corrected chi connectivity index (χ4v) is 10.4. The van der Waals surface area contributed by atoms with Crippen LogP contribution >= 0.6 is 0 Å². The molecular formula is C57H61N7O12. The predicted octanol–water partition coefficient (Wildman–Crippen LogP) is 4.46. The average molecular weight is 1040 g/mol. The minimum absolute atomic E-state index is 0.000536. The highest BCUT2D eigenvalue weighted by molar-refractivity contribution is 6.10. The summed E-state index contributed by atoms with van der Waals surface area (Å²) in [6.07, 6.45) is 3.52. The van der Waals surface area contributed by atoms with Crippen LogP contribution in [0.1, 0.15) is 86.2 Å². The number of aliphatic hydroxyl groups excluding tert-OH is 1. The van der Waals surface area contributed by atoms with E-state index in [1.165, 1.54) is 21.3 Å². The van der Waals surface area contributed by atoms with Crippen LogP contribution in [-0.4, -0.2) is 106 Å². The highest BCUT2D eigenvalue weighted by Gasteiger charge is 2.42. The van der Waals surface area contributed by atoms with Gasteiger partial charge in [-0.25, -0.2) is 0 Å². The van der Waals surface area contributed by atoms with E-state index in [2.05, 4.69) is 32.7 Å². The second kappa shape index (κ2) is 23.4. The topological polar surface area (TPSA) is 243 Å². The molecule has 0 fully saturated rings. The van der Waals surface area contributed by atoms with Crippen LogP contribution in [0.2, 0.25) is 0 Å². The molecule has 19 nitrogen and oxygen atoms in total. The van der Waals surface area contributed by atoms with Gasteiger partial charge in [0.1, 0.15) is 13.2 Å². The van der Waals surface area contributed by atoms with Crippen molar-refractivity contribution in [1.29, 1.82) is 0 Å². The maximum absolute atomic E-state index is 14.2. The standard InChI is InChI=1S/C57H61N7O12/c1-58-51(66)14-8-9-15-52(67)59-28-53(68)60-29-54(69)61-30-55(70)62-39-19-33(31-75-49-24-35-16-17-40-21-36-10-4-6-12-43(36)63(40)56(71)41(35)26-47(49)73-2)18-34(20-39)32-76-50-25-38-23-46(65)45-22-37-11-5-7-13-44(37)64(45)57(72)42(38)27-48(50)74-3/h4-7,10-13,18-20,24-27,40,45-46,65H,8-9,14-17,21-23,28-32H2,1-3H3,(H,58,66)(H,59,67)(H,60,68)(H,61,69)(H,62,70)/t40-,45+,46?/m1/s1. The van der Waals surface area contributed by atoms with Crippen molar-refractivity contribution in [3.63, 3.8) is 0 Å². The minimum Gasteiger partial charge on any atom is -0.493 e. The summed E-state index contributed by atoms with van der Waals surface area (Å²) in [6.45, 7) is -1.27. The molecule has 0 aromatic heterocycles. The third-order valence-corrected chi connectivity index (χ3v) is 14.2. The summed E-state index contributed by atoms with van der Waals surface area (Å²) in [5, 5.41) is 24.2. The number of para-hydroxylation sites is 2. The first kappa shape index (κ1) is 52.4. The average Bonchev–Trinajstić information content (AvgIpc) is 4.01. The molecule has 3 atom stereocenters. The lowest BCUT2D eigenvalue weighted by molar-refractivity contribution is -0.128. The first-order valence-electron chi connectivity index (χ1n) is 25.4. The zero-order valence-corrected chi connectivity index (χ0v) is 42.6. The molecule has 5 aromatic rings. The van der Waals surface area contributed by atoms with E-state index in [1.54, 1.807) is 35.2 Å². The molecule has 4 heterocycles. The SMILES string of the molecule is CNC(=O)CCCCC(=O)NCC(=O)NCC(=O)NCC(=O)Nc1cc(COc2cc3c(cc2OC)C(=O)N2c4ccccc4C[C@H]2CC3)cc(COc2cc3c(cc2OC)C(=O)N2c4ccccc4C[C@H]2C(O)C3)c1. The van der Waals surface area contributed by atoms with E-state index < -0.39 is 43.0 Å². The summed E-state index contributed by atoms with van der Waals surface area (Å²) in [5.74, 6) is -1.21. The lowest BCUT2D eigenvalue weighted by Gasteiger charge is -2.26. The number of aliphatic hydroxyl groups is 1. The molecule has 396 valence electrons. The predicted molar refractivity (Wildman–Crippen MR) is 281 cm³/mol. The molecule has 0 radical (unpaired) electrons. The molecule has 19 heteroatoms. The van der Waals surface area contributed by atoms with Crippen molar-refractivity contribution in [1.82, 2.24) is 21.3 Å². The van der Waals surface area contributed by atoms with Crippen LogP contribution in [-0.2, 0) is 62.9 Å². The fourth-order valence-electron chi connectivity index (χ4n) is 10.4. The number of hydrogen-bond acceptors (Lipinski definition) is 12. The zero-order valence-electron chi connectivity index (χ0n) is 42.6. The Morgan fingerprint density at radius 3 is 1.72 bits per heavy atom. The van der Waals surface area contributed by atoms with Crippen molar-refractivity contribution in [3.8, 4) is 23.0 Å². The lowest BCUT2D eigenvalue weighted by atomic mass is 9.97. The number of fused-ring (bicyclic) bond motifs is 8. The molecule has 0 saturated carbocycles. The number of anilines is 3. The summed E-state index contributed by atoms with van der Waals surface area (Å²) in [4.78, 5) is 93.8. The Morgan fingerprint density at radius 1 is 0.579 bits per heavy atom. The van der Waals surface area contributed by atoms with Crippen molar-refractivity contribution < 1.29 is 57.6 Å². The van der Waals surface area contributed by atoms with Crippen molar-refractivity contribution in [2.24, 2.45) is 0 Å². The van der Waals surface area contributed by atoms with Gasteiger partial charge in [0, 0.05) is 60.5 Å². The molecule has 1 unspecified atom stereocenters. The molecule has 4 aliphatic rings. The number of ether oxygens (including phenoxy) is 4. The molecule has 0 bridgehead atoms. The summed E-state index contributed by atoms with van der Waals surface area (Å²) >= 11 is 0. The first-order valence-corrected chi connectivity index (χ1v) is 25.4. The van der Waals surface area contributed by atoms with Gasteiger partial charge in [0.25, 0.3) is 11.8 Å². The van der Waals surface area contributed by atoms with Crippen molar-refractivity contribution in [3.05, 3.63) is 136 Å². The Balaban J connectivity index is 0.886. The van der Waals surface area contributed by atoms with E-state index in [-0.39, 0.29) is 62.3 Å². The largest absolute Gasteiger partial charge is 0.493 e. The summed E-state index contributed by atoms with van der Waals surface area (Å²) in [5.41, 5.74) is 7.80. The number of carbonyl (C=O) groups is 7. The molecule has 0 spiro atoms. The number of unbranched alkanes of at least 4 members (excludes halogenated alkanes) is 1. The highest BCUT2D eigenvalue weighted by atomic mass is 16.5. The van der Waals surface area contributed by atoms with Crippen molar-refractivity contribution >= 4 is 58.4 Å². The smallest absolute Gasteiger partial charge is 0.259 e. The van der Waals surface area contributed by atoms with Gasteiger partial charge in [-0.1, -0.05) is 36.4 Å². The number of rotatable bonds is 20. The van der Waals surface area contributed by atoms with Gasteiger partial charge in [0.15, 0.2) is 23.0 Å². The molecule has 4 aliphatic heterocycles. The maximum atomic E-state index is 14.2. The van der Waals surface area contributed by atoms with Gasteiger partial charge in [-0.15, -0.1) is 0 Å². The van der Waals surface area contributed by atoms with Crippen LogP contribution in [0.3, 0.4) is 0 Å². The van der Waals surface area contributed by atoms with Gasteiger partial charge < -0.3 is 60.4 Å². The number of methoxy groups -OCH3 is 2. The van der Waals surface area contributed by atoms with Crippen LogP contribution < -0.4 is 55.3 Å². The van der Waals surface area contributed by atoms with E-state index in [4.69, 9.17) is 18.9 Å². The van der Waals surface area contributed by atoms with E-state index in [1.807, 2.05) is 59.5 Å². The third-order valence-electron chi connectivity index (χ3n) is 14.2. The molecule has 0 aliphatic carbocycles. The molecular weight excluding hydrogens is 975 g/mol. The van der Waals surface area contributed by atoms with Crippen LogP contribution in [0.4, 0.5) is 17.1 Å². The van der Waals surface area contributed by atoms with Gasteiger partial charge in [0.2, 0.25) is 29.5 Å². The second-order valence-corrected chi connectivity index (χ2v) is 19.2. The van der Waals surface area contributed by atoms with Gasteiger partial charge in [-0.2, -0.15) is 0 Å². The maximum Gasteiger partial charge on any atom is 0.259 e. The van der Waals surface area contributed by atoms with Crippen LogP contribution in [0.25, 0.3) is 0 Å². The Morgan fingerprint density at radius 2 is 1.11 bits per heavy atom. The van der Waals surface area contributed by atoms with E-state index in [0.29, 0.717) is 88.6 Å². The van der Waals surface area contributed by atoms with Crippen LogP contribution in [0, 0.1) is 0 Å². The monoisotopic (exact) mass is 1040 g/mol. The van der Waals surface area contributed by atoms with E-state index in [9.17, 15) is 38.7 Å². The van der Waals surface area contributed by atoms with Gasteiger partial charge in [-0.3, -0.25) is 33.6 Å². The van der Waals surface area contributed by atoms with E-state index in [0.717, 1.165) is 40.9 Å². The van der Waals surface area contributed by atoms with Crippen molar-refractivity contribution in [2.45, 2.75) is 89.2 Å². The third kappa shape index (κ3) is 11.7. The number of nitrogens with one attached hydrogen (secondary N) is 5. The molecule has 5 aromatic carbocycles. The Labute approximate surface area is 439 Å². The Kier molecular flexibility index (Phi) is 16.1. The Bertz CT molecular complexity index is 3090. The van der Waals surface area contributed by atoms with E-state index >= 15 is 0 Å². The number of amides is 7. The fraction of sp³-hybridized carbons (Fsp3) is 0.351. The lowest BCUT2D eigenvalue weighted by Crippen LogP contribution is -2.43. The number of aryl methyl sites for hydroxylation is 1. The number of carbonyl (C=O) groups excluding carboxylic acids is 7. The van der Waals surface area contributed by atoms with Gasteiger partial charge in [0.05, 0.1) is 46.0 Å². The number of hydrogen-bond donors (Lipinski definition) is 6. The summed E-state index contributed by atoms with van der Waals surface area (Å²) in [6, 6.07) is 27.4. The van der Waals surface area contributed by atoms with Crippen LogP contribution in [0.5, 0.6) is 23.0 Å². The van der Waals surface area contributed by atoms with Crippen molar-refractivity contribution in [2.75, 3.05) is 56.0 Å². The minimum atomic E-state index is -0.845. The summed E-state index contributed by atoms with van der Waals surface area (Å²) in [7, 11) is 4.53. The summed E-state index contributed by atoms with van der Waals surface area (Å²) < 4.78 is 24.4. The molecule has 76 heavy (non-hydrogen) atoms. The normalized spacial score (nSPS) is 16.8. The number of benzene rings is 5. The van der Waals surface area contributed by atoms with Gasteiger partial charge >= 0.3 is 0 Å². The molecule has 0 saturated heterocycles. The zero-order chi connectivity index (χ0) is 53.5. The molecule has 7 amide bonds. The second-order valence-electron chi connectivity index (χ2n) is 19.2.